The molecule has 1 aromatic rings. The van der Waals surface area contributed by atoms with Crippen LogP contribution in [-0.2, 0) is 11.3 Å². The minimum Gasteiger partial charge on any atom is -0.465 e. The van der Waals surface area contributed by atoms with Crippen LogP contribution in [0.2, 0.25) is 5.02 Å². The molecule has 2 saturated heterocycles. The Hall–Kier alpha value is -1.92. The molecule has 0 saturated carbocycles. The van der Waals surface area contributed by atoms with E-state index >= 15 is 0 Å². The zero-order chi connectivity index (χ0) is 23.7. The number of alkyl halides is 6. The van der Waals surface area contributed by atoms with Crippen molar-refractivity contribution < 1.29 is 41.0 Å². The molecule has 1 N–H and O–H groups in total. The summed E-state index contributed by atoms with van der Waals surface area (Å²) in [4.78, 5) is 15.1. The average molecular weight is 490 g/mol. The summed E-state index contributed by atoms with van der Waals surface area (Å²) < 4.78 is 85.5. The third-order valence-electron chi connectivity index (χ3n) is 5.63. The van der Waals surface area contributed by atoms with Crippen LogP contribution >= 0.6 is 11.6 Å². The lowest BCUT2D eigenvalue weighted by atomic mass is 9.94. The Morgan fingerprint density at radius 2 is 1.72 bits per heavy atom. The predicted molar refractivity (Wildman–Crippen MR) is 104 cm³/mol. The zero-order valence-electron chi connectivity index (χ0n) is 16.8. The Bertz CT molecular complexity index is 802. The number of hydrogen-bond donors (Lipinski definition) is 1. The van der Waals surface area contributed by atoms with E-state index in [4.69, 9.17) is 16.3 Å². The number of piperazine rings is 1. The molecule has 1 aromatic carbocycles. The molecule has 180 valence electrons. The van der Waals surface area contributed by atoms with Gasteiger partial charge >= 0.3 is 18.4 Å². The van der Waals surface area contributed by atoms with Crippen LogP contribution in [0.3, 0.4) is 0 Å². The molecule has 0 aromatic heterocycles. The summed E-state index contributed by atoms with van der Waals surface area (Å²) in [6.45, 7) is 0.949. The standard InChI is InChI=1S/C19H22ClF6N3O3/c20-13-1-2-14(28-5-7-32-8-6-28)12(9-13)10-27-3-4-29(17(30)31)15(11-27)16(18(21,22)23)19(24,25)26/h1-2,9,15-16H,3-8,10-11H2,(H,30,31). The number of nitrogens with zero attached hydrogens (tertiary/aromatic N) is 3. The Balaban J connectivity index is 1.87. The van der Waals surface area contributed by atoms with Crippen LogP contribution < -0.4 is 4.90 Å². The summed E-state index contributed by atoms with van der Waals surface area (Å²) in [6.07, 6.45) is -13.1. The topological polar surface area (TPSA) is 56.2 Å². The average Bonchev–Trinajstić information content (AvgIpc) is 2.66. The summed E-state index contributed by atoms with van der Waals surface area (Å²) in [5.41, 5.74) is 1.40. The molecule has 32 heavy (non-hydrogen) atoms. The fourth-order valence-electron chi connectivity index (χ4n) is 4.19. The summed E-state index contributed by atoms with van der Waals surface area (Å²) in [5, 5.41) is 9.63. The molecule has 1 amide bonds. The van der Waals surface area contributed by atoms with Crippen LogP contribution in [0, 0.1) is 5.92 Å². The molecule has 6 nitrogen and oxygen atoms in total. The van der Waals surface area contributed by atoms with Crippen LogP contribution in [0.4, 0.5) is 36.8 Å². The van der Waals surface area contributed by atoms with Gasteiger partial charge in [0.2, 0.25) is 0 Å². The maximum absolute atomic E-state index is 13.4. The van der Waals surface area contributed by atoms with Crippen molar-refractivity contribution in [1.82, 2.24) is 9.80 Å². The molecule has 2 heterocycles. The van der Waals surface area contributed by atoms with Crippen molar-refractivity contribution in [3.63, 3.8) is 0 Å². The first-order valence-corrected chi connectivity index (χ1v) is 10.2. The van der Waals surface area contributed by atoms with E-state index in [1.807, 2.05) is 4.90 Å². The van der Waals surface area contributed by atoms with Crippen LogP contribution in [0.25, 0.3) is 0 Å². The Morgan fingerprint density at radius 3 is 2.28 bits per heavy atom. The van der Waals surface area contributed by atoms with Crippen LogP contribution in [0.1, 0.15) is 5.56 Å². The second-order valence-electron chi connectivity index (χ2n) is 7.71. The summed E-state index contributed by atoms with van der Waals surface area (Å²) in [7, 11) is 0. The van der Waals surface area contributed by atoms with Crippen LogP contribution in [0.15, 0.2) is 18.2 Å². The number of carbonyl (C=O) groups is 1. The Labute approximate surface area is 185 Å². The predicted octanol–water partition coefficient (Wildman–Crippen LogP) is 4.08. The first-order valence-electron chi connectivity index (χ1n) is 9.84. The van der Waals surface area contributed by atoms with Gasteiger partial charge in [0.1, 0.15) is 0 Å². The molecule has 1 atom stereocenters. The number of anilines is 1. The first-order chi connectivity index (χ1) is 14.9. The lowest BCUT2D eigenvalue weighted by Gasteiger charge is -2.44. The molecule has 0 aliphatic carbocycles. The van der Waals surface area contributed by atoms with Gasteiger partial charge in [-0.25, -0.2) is 4.79 Å². The number of benzene rings is 1. The van der Waals surface area contributed by atoms with Gasteiger partial charge in [-0.2, -0.15) is 26.3 Å². The highest BCUT2D eigenvalue weighted by Gasteiger charge is 2.62. The van der Waals surface area contributed by atoms with E-state index in [0.717, 1.165) is 5.69 Å². The van der Waals surface area contributed by atoms with Crippen molar-refractivity contribution in [3.05, 3.63) is 28.8 Å². The van der Waals surface area contributed by atoms with E-state index in [9.17, 15) is 36.2 Å². The monoisotopic (exact) mass is 489 g/mol. The number of carboxylic acid groups (broad SMARTS) is 1. The van der Waals surface area contributed by atoms with E-state index in [2.05, 4.69) is 0 Å². The van der Waals surface area contributed by atoms with E-state index in [0.29, 0.717) is 36.9 Å². The summed E-state index contributed by atoms with van der Waals surface area (Å²) in [6, 6.07) is 2.72. The smallest absolute Gasteiger partial charge is 0.407 e. The third-order valence-corrected chi connectivity index (χ3v) is 5.86. The SMILES string of the molecule is O=C(O)N1CCN(Cc2cc(Cl)ccc2N2CCOCC2)CC1C(C(F)(F)F)C(F)(F)F. The van der Waals surface area contributed by atoms with Crippen LogP contribution in [-0.4, -0.2) is 85.3 Å². The van der Waals surface area contributed by atoms with Gasteiger partial charge in [0.15, 0.2) is 5.92 Å². The fourth-order valence-corrected chi connectivity index (χ4v) is 4.39. The highest BCUT2D eigenvalue weighted by atomic mass is 35.5. The Morgan fingerprint density at radius 1 is 1.09 bits per heavy atom. The quantitative estimate of drug-likeness (QED) is 0.646. The maximum Gasteiger partial charge on any atom is 0.407 e. The van der Waals surface area contributed by atoms with Crippen molar-refractivity contribution in [3.8, 4) is 0 Å². The number of ether oxygens (including phenoxy) is 1. The molecule has 1 unspecified atom stereocenters. The molecule has 3 rings (SSSR count). The Kier molecular flexibility index (Phi) is 7.35. The van der Waals surface area contributed by atoms with Crippen molar-refractivity contribution in [2.24, 2.45) is 5.92 Å². The molecule has 0 radical (unpaired) electrons. The lowest BCUT2D eigenvalue weighted by molar-refractivity contribution is -0.300. The second kappa shape index (κ2) is 9.52. The van der Waals surface area contributed by atoms with Gasteiger partial charge in [0.05, 0.1) is 19.3 Å². The number of morpholine rings is 1. The van der Waals surface area contributed by atoms with E-state index in [1.54, 1.807) is 18.2 Å². The van der Waals surface area contributed by atoms with E-state index < -0.39 is 43.5 Å². The fraction of sp³-hybridized carbons (Fsp3) is 0.632. The van der Waals surface area contributed by atoms with Gasteiger partial charge < -0.3 is 19.6 Å². The molecule has 0 bridgehead atoms. The number of halogens is 7. The minimum absolute atomic E-state index is 0.0136. The van der Waals surface area contributed by atoms with Gasteiger partial charge in [0.25, 0.3) is 0 Å². The van der Waals surface area contributed by atoms with Gasteiger partial charge in [-0.1, -0.05) is 11.6 Å². The summed E-state index contributed by atoms with van der Waals surface area (Å²) in [5.74, 6) is -3.79. The number of hydrogen-bond acceptors (Lipinski definition) is 4. The largest absolute Gasteiger partial charge is 0.465 e. The maximum atomic E-state index is 13.4. The number of rotatable bonds is 4. The van der Waals surface area contributed by atoms with Crippen molar-refractivity contribution in [2.75, 3.05) is 50.8 Å². The minimum atomic E-state index is -5.64. The highest BCUT2D eigenvalue weighted by molar-refractivity contribution is 6.30. The molecular formula is C19H22ClF6N3O3. The van der Waals surface area contributed by atoms with Crippen molar-refractivity contribution in [1.29, 1.82) is 0 Å². The van der Waals surface area contributed by atoms with Gasteiger partial charge in [0, 0.05) is 50.0 Å². The molecule has 2 aliphatic rings. The van der Waals surface area contributed by atoms with E-state index in [1.165, 1.54) is 4.90 Å². The molecule has 2 fully saturated rings. The molecule has 0 spiro atoms. The van der Waals surface area contributed by atoms with Gasteiger partial charge in [-0.3, -0.25) is 4.90 Å². The van der Waals surface area contributed by atoms with Gasteiger partial charge in [-0.05, 0) is 23.8 Å². The van der Waals surface area contributed by atoms with Crippen molar-refractivity contribution in [2.45, 2.75) is 24.9 Å². The second-order valence-corrected chi connectivity index (χ2v) is 8.15. The third kappa shape index (κ3) is 5.70. The molecular weight excluding hydrogens is 468 g/mol. The molecule has 2 aliphatic heterocycles. The zero-order valence-corrected chi connectivity index (χ0v) is 17.6. The number of amides is 1. The summed E-state index contributed by atoms with van der Waals surface area (Å²) >= 11 is 6.09. The highest BCUT2D eigenvalue weighted by Crippen LogP contribution is 2.44. The van der Waals surface area contributed by atoms with Crippen LogP contribution in [0.5, 0.6) is 0 Å². The van der Waals surface area contributed by atoms with E-state index in [-0.39, 0.29) is 18.0 Å². The normalized spacial score (nSPS) is 21.3. The van der Waals surface area contributed by atoms with Crippen molar-refractivity contribution >= 4 is 23.4 Å². The van der Waals surface area contributed by atoms with Gasteiger partial charge in [-0.15, -0.1) is 0 Å². The first kappa shape index (κ1) is 24.7. The molecule has 13 heteroatoms. The lowest BCUT2D eigenvalue weighted by Crippen LogP contribution is -2.62.